The maximum atomic E-state index is 13.8. The number of likely N-dealkylation sites (tertiary alicyclic amines) is 1. The lowest BCUT2D eigenvalue weighted by Gasteiger charge is -2.31. The molecule has 2 aromatic carbocycles. The molecule has 0 aromatic heterocycles. The van der Waals surface area contributed by atoms with Crippen LogP contribution in [0.2, 0.25) is 10.0 Å². The van der Waals surface area contributed by atoms with Crippen LogP contribution in [0.1, 0.15) is 30.1 Å². The van der Waals surface area contributed by atoms with Gasteiger partial charge in [0, 0.05) is 17.2 Å². The third kappa shape index (κ3) is 3.28. The Labute approximate surface area is 211 Å². The average Bonchev–Trinajstić information content (AvgIpc) is 3.59. The topological polar surface area (TPSA) is 108 Å². The molecule has 3 N–H and O–H groups in total. The molecule has 4 heterocycles. The van der Waals surface area contributed by atoms with E-state index < -0.39 is 47.2 Å². The van der Waals surface area contributed by atoms with Crippen molar-refractivity contribution in [3.8, 4) is 0 Å². The number of fused-ring (bicyclic) bond motifs is 4. The van der Waals surface area contributed by atoms with Crippen LogP contribution in [0, 0.1) is 11.8 Å². The first-order valence-corrected chi connectivity index (χ1v) is 12.4. The molecule has 0 saturated carbocycles. The first kappa shape index (κ1) is 22.9. The van der Waals surface area contributed by atoms with Crippen molar-refractivity contribution in [2.75, 3.05) is 18.5 Å². The molecule has 6 rings (SSSR count). The number of rotatable bonds is 4. The molecule has 0 radical (unpaired) electrons. The minimum atomic E-state index is -1.54. The molecule has 4 aliphatic heterocycles. The summed E-state index contributed by atoms with van der Waals surface area (Å²) >= 11 is 12.4. The van der Waals surface area contributed by atoms with E-state index in [1.54, 1.807) is 42.5 Å². The van der Waals surface area contributed by atoms with Crippen molar-refractivity contribution < 1.29 is 24.2 Å². The lowest BCUT2D eigenvalue weighted by atomic mass is 9.76. The number of nitrogens with zero attached hydrogens (tertiary/aromatic N) is 1. The van der Waals surface area contributed by atoms with Crippen LogP contribution >= 0.6 is 23.2 Å². The van der Waals surface area contributed by atoms with E-state index in [1.807, 2.05) is 0 Å². The highest BCUT2D eigenvalue weighted by atomic mass is 35.5. The second kappa shape index (κ2) is 8.28. The third-order valence-electron chi connectivity index (χ3n) is 7.69. The van der Waals surface area contributed by atoms with E-state index >= 15 is 0 Å². The summed E-state index contributed by atoms with van der Waals surface area (Å²) in [4.78, 5) is 42.3. The fourth-order valence-corrected chi connectivity index (χ4v) is 6.44. The zero-order valence-corrected chi connectivity index (χ0v) is 20.1. The van der Waals surface area contributed by atoms with Crippen LogP contribution in [0.5, 0.6) is 0 Å². The highest BCUT2D eigenvalue weighted by Crippen LogP contribution is 2.55. The number of hydrogen-bond donors (Lipinski definition) is 3. The largest absolute Gasteiger partial charge is 0.387 e. The van der Waals surface area contributed by atoms with Gasteiger partial charge in [-0.2, -0.15) is 0 Å². The smallest absolute Gasteiger partial charge is 0.250 e. The molecular formula is C25H23Cl2N3O5. The lowest BCUT2D eigenvalue weighted by Crippen LogP contribution is -2.54. The van der Waals surface area contributed by atoms with Gasteiger partial charge in [-0.25, -0.2) is 0 Å². The van der Waals surface area contributed by atoms with Crippen molar-refractivity contribution in [2.45, 2.75) is 36.6 Å². The summed E-state index contributed by atoms with van der Waals surface area (Å²) in [6.45, 7) is 0.722. The average molecular weight is 516 g/mol. The number of carbonyl (C=O) groups is 3. The van der Waals surface area contributed by atoms with Crippen LogP contribution in [0.4, 0.5) is 5.69 Å². The maximum Gasteiger partial charge on any atom is 0.250 e. The highest BCUT2D eigenvalue weighted by molar-refractivity contribution is 6.35. The Hall–Kier alpha value is -2.49. The summed E-state index contributed by atoms with van der Waals surface area (Å²) in [5.74, 6) is -3.33. The molecular weight excluding hydrogens is 493 g/mol. The van der Waals surface area contributed by atoms with Gasteiger partial charge >= 0.3 is 0 Å². The minimum Gasteiger partial charge on any atom is -0.387 e. The number of hydrogen-bond acceptors (Lipinski definition) is 6. The summed E-state index contributed by atoms with van der Waals surface area (Å²) in [5.41, 5.74) is -0.118. The molecule has 4 aliphatic rings. The van der Waals surface area contributed by atoms with Gasteiger partial charge in [-0.15, -0.1) is 0 Å². The number of benzene rings is 2. The van der Waals surface area contributed by atoms with Crippen molar-refractivity contribution >= 4 is 46.6 Å². The summed E-state index contributed by atoms with van der Waals surface area (Å²) in [5, 5.41) is 18.3. The Kier molecular flexibility index (Phi) is 5.43. The van der Waals surface area contributed by atoms with E-state index in [2.05, 4.69) is 10.6 Å². The lowest BCUT2D eigenvalue weighted by molar-refractivity contribution is -0.144. The van der Waals surface area contributed by atoms with Crippen LogP contribution in [-0.2, 0) is 24.7 Å². The van der Waals surface area contributed by atoms with Crippen LogP contribution < -0.4 is 10.6 Å². The number of para-hydroxylation sites is 1. The summed E-state index contributed by atoms with van der Waals surface area (Å²) < 4.78 is 5.68. The Morgan fingerprint density at radius 2 is 1.89 bits per heavy atom. The predicted molar refractivity (Wildman–Crippen MR) is 128 cm³/mol. The molecule has 3 fully saturated rings. The van der Waals surface area contributed by atoms with Gasteiger partial charge in [-0.05, 0) is 36.6 Å². The molecule has 6 atom stereocenters. The van der Waals surface area contributed by atoms with Gasteiger partial charge in [0.05, 0.1) is 47.3 Å². The van der Waals surface area contributed by atoms with Crippen molar-refractivity contribution in [3.63, 3.8) is 0 Å². The van der Waals surface area contributed by atoms with Gasteiger partial charge in [0.2, 0.25) is 17.7 Å². The molecule has 2 aromatic rings. The van der Waals surface area contributed by atoms with Gasteiger partial charge in [-0.1, -0.05) is 47.5 Å². The predicted octanol–water partition coefficient (Wildman–Crippen LogP) is 2.63. The van der Waals surface area contributed by atoms with Crippen LogP contribution in [0.3, 0.4) is 0 Å². The van der Waals surface area contributed by atoms with Crippen LogP contribution in [0.25, 0.3) is 0 Å². The first-order chi connectivity index (χ1) is 16.8. The summed E-state index contributed by atoms with van der Waals surface area (Å²) in [7, 11) is 0. The van der Waals surface area contributed by atoms with E-state index in [1.165, 1.54) is 4.90 Å². The van der Waals surface area contributed by atoms with E-state index in [-0.39, 0.29) is 12.6 Å². The normalized spacial score (nSPS) is 32.3. The second-order valence-corrected chi connectivity index (χ2v) is 10.4. The maximum absolute atomic E-state index is 13.8. The van der Waals surface area contributed by atoms with Gasteiger partial charge in [0.25, 0.3) is 0 Å². The van der Waals surface area contributed by atoms with Crippen molar-refractivity contribution in [2.24, 2.45) is 11.8 Å². The van der Waals surface area contributed by atoms with Crippen LogP contribution in [0.15, 0.2) is 42.5 Å². The fraction of sp³-hybridized carbons (Fsp3) is 0.400. The number of aliphatic hydroxyl groups excluding tert-OH is 1. The van der Waals surface area contributed by atoms with Crippen molar-refractivity contribution in [3.05, 3.63) is 63.6 Å². The van der Waals surface area contributed by atoms with Crippen molar-refractivity contribution in [1.82, 2.24) is 10.2 Å². The van der Waals surface area contributed by atoms with E-state index in [0.29, 0.717) is 33.5 Å². The molecule has 182 valence electrons. The number of anilines is 1. The zero-order valence-electron chi connectivity index (χ0n) is 18.5. The molecule has 0 bridgehead atoms. The molecule has 3 amide bonds. The number of amides is 3. The van der Waals surface area contributed by atoms with E-state index in [9.17, 15) is 19.5 Å². The molecule has 8 nitrogen and oxygen atoms in total. The number of carbonyl (C=O) groups excluding carboxylic acids is 3. The van der Waals surface area contributed by atoms with Crippen LogP contribution in [-0.4, -0.2) is 53.0 Å². The van der Waals surface area contributed by atoms with E-state index in [0.717, 1.165) is 12.8 Å². The summed E-state index contributed by atoms with van der Waals surface area (Å²) in [6.07, 6.45) is 0.218. The number of halogens is 2. The molecule has 0 unspecified atom stereocenters. The van der Waals surface area contributed by atoms with Gasteiger partial charge < -0.3 is 15.2 Å². The van der Waals surface area contributed by atoms with Crippen molar-refractivity contribution in [1.29, 1.82) is 0 Å². The third-order valence-corrected chi connectivity index (χ3v) is 8.25. The fourth-order valence-electron chi connectivity index (χ4n) is 6.09. The Morgan fingerprint density at radius 1 is 1.11 bits per heavy atom. The number of aliphatic hydroxyl groups is 1. The number of imide groups is 1. The Bertz CT molecular complexity index is 1230. The molecule has 10 heteroatoms. The quantitative estimate of drug-likeness (QED) is 0.540. The van der Waals surface area contributed by atoms with E-state index in [4.69, 9.17) is 27.9 Å². The zero-order chi connectivity index (χ0) is 24.5. The standard InChI is InChI=1S/C25H23Cl2N3O5/c26-13-8-6-12(7-9-13)21(31)20-17-18(23(33)30(22(17)32)11-14-3-2-10-35-14)25(29-20)15-4-1-5-16(27)19(15)28-24(25)34/h1,4-9,14,17-18,20-21,29,31H,2-3,10-11H2,(H,28,34)/t14-,17-,18-,20-,21-,25-/m1/s1. The van der Waals surface area contributed by atoms with Gasteiger partial charge in [0.15, 0.2) is 0 Å². The molecule has 1 spiro atoms. The first-order valence-electron chi connectivity index (χ1n) is 11.6. The highest BCUT2D eigenvalue weighted by Gasteiger charge is 2.71. The molecule has 35 heavy (non-hydrogen) atoms. The second-order valence-electron chi connectivity index (χ2n) is 9.52. The SMILES string of the molecule is O=C1[C@H]2[C@H]([C@H](O)c3ccc(Cl)cc3)N[C@@]3(C(=O)Nc4c(Cl)cccc43)[C@H]2C(=O)N1C[C@H]1CCCO1. The molecule has 0 aliphatic carbocycles. The molecule has 3 saturated heterocycles. The number of ether oxygens (including phenoxy) is 1. The minimum absolute atomic E-state index is 0.133. The Balaban J connectivity index is 1.46. The van der Waals surface area contributed by atoms with Gasteiger partial charge in [0.1, 0.15) is 5.54 Å². The summed E-state index contributed by atoms with van der Waals surface area (Å²) in [6, 6.07) is 10.8. The monoisotopic (exact) mass is 515 g/mol. The Morgan fingerprint density at radius 3 is 2.60 bits per heavy atom. The van der Waals surface area contributed by atoms with Gasteiger partial charge in [-0.3, -0.25) is 24.6 Å². The number of nitrogens with one attached hydrogen (secondary N) is 2.